The molecule has 0 saturated carbocycles. The summed E-state index contributed by atoms with van der Waals surface area (Å²) in [5.41, 5.74) is 0. The van der Waals surface area contributed by atoms with Gasteiger partial charge in [0.25, 0.3) is 0 Å². The summed E-state index contributed by atoms with van der Waals surface area (Å²) in [5, 5.41) is 0. The maximum atomic E-state index is 12.2. The molecule has 0 spiro atoms. The highest BCUT2D eigenvalue weighted by molar-refractivity contribution is 5.76. The molecule has 1 aromatic rings. The molecule has 0 aliphatic carbocycles. The third-order valence-electron chi connectivity index (χ3n) is 3.87. The minimum absolute atomic E-state index is 0.279. The first-order chi connectivity index (χ1) is 9.85. The Morgan fingerprint density at radius 3 is 2.86 bits per heavy atom. The molecule has 1 unspecified atom stereocenters. The van der Waals surface area contributed by atoms with Crippen molar-refractivity contribution in [2.24, 2.45) is 5.92 Å². The average Bonchev–Trinajstić information content (AvgIpc) is 2.81. The summed E-state index contributed by atoms with van der Waals surface area (Å²) in [6.07, 6.45) is -0.298. The van der Waals surface area contributed by atoms with E-state index < -0.39 is 19.0 Å². The number of alkyl halides is 3. The Hall–Kier alpha value is -1.53. The number of carbonyl (C=O) groups is 1. The summed E-state index contributed by atoms with van der Waals surface area (Å²) in [6.45, 7) is 3.77. The predicted molar refractivity (Wildman–Crippen MR) is 71.6 cm³/mol. The van der Waals surface area contributed by atoms with Gasteiger partial charge in [-0.2, -0.15) is 13.2 Å². The lowest BCUT2D eigenvalue weighted by Crippen LogP contribution is -2.41. The molecule has 0 bridgehead atoms. The normalized spacial score (nSPS) is 19.8. The van der Waals surface area contributed by atoms with E-state index in [9.17, 15) is 18.0 Å². The minimum Gasteiger partial charge on any atom is -0.342 e. The van der Waals surface area contributed by atoms with Gasteiger partial charge in [-0.1, -0.05) is 0 Å². The molecule has 1 saturated heterocycles. The van der Waals surface area contributed by atoms with E-state index >= 15 is 0 Å². The van der Waals surface area contributed by atoms with Crippen LogP contribution in [-0.2, 0) is 11.3 Å². The van der Waals surface area contributed by atoms with E-state index in [1.165, 1.54) is 0 Å². The molecule has 0 N–H and O–H groups in total. The maximum absolute atomic E-state index is 12.2. The van der Waals surface area contributed by atoms with Gasteiger partial charge < -0.3 is 9.47 Å². The largest absolute Gasteiger partial charge is 0.389 e. The number of imidazole rings is 1. The molecular weight excluding hydrogens is 283 g/mol. The fourth-order valence-corrected chi connectivity index (χ4v) is 2.72. The van der Waals surface area contributed by atoms with Gasteiger partial charge in [0.1, 0.15) is 5.82 Å². The third-order valence-corrected chi connectivity index (χ3v) is 3.87. The average molecular weight is 303 g/mol. The second kappa shape index (κ2) is 6.49. The third kappa shape index (κ3) is 4.75. The van der Waals surface area contributed by atoms with Crippen molar-refractivity contribution in [1.29, 1.82) is 0 Å². The number of carbonyl (C=O) groups excluding carboxylic acids is 1. The van der Waals surface area contributed by atoms with Crippen molar-refractivity contribution in [3.63, 3.8) is 0 Å². The lowest BCUT2D eigenvalue weighted by atomic mass is 9.97. The molecule has 118 valence electrons. The van der Waals surface area contributed by atoms with Gasteiger partial charge in [-0.05, 0) is 25.7 Å². The van der Waals surface area contributed by atoms with Crippen LogP contribution >= 0.6 is 0 Å². The number of amides is 1. The van der Waals surface area contributed by atoms with Gasteiger partial charge in [-0.3, -0.25) is 4.79 Å². The van der Waals surface area contributed by atoms with E-state index in [1.54, 1.807) is 11.1 Å². The molecule has 1 fully saturated rings. The quantitative estimate of drug-likeness (QED) is 0.858. The van der Waals surface area contributed by atoms with Crippen LogP contribution in [0.5, 0.6) is 0 Å². The van der Waals surface area contributed by atoms with Crippen LogP contribution in [0.3, 0.4) is 0 Å². The molecule has 2 rings (SSSR count). The molecule has 7 heteroatoms. The van der Waals surface area contributed by atoms with Crippen molar-refractivity contribution < 1.29 is 18.0 Å². The van der Waals surface area contributed by atoms with Crippen LogP contribution < -0.4 is 0 Å². The monoisotopic (exact) mass is 303 g/mol. The van der Waals surface area contributed by atoms with Gasteiger partial charge in [0.05, 0.1) is 6.42 Å². The van der Waals surface area contributed by atoms with Crippen LogP contribution in [0.25, 0.3) is 0 Å². The summed E-state index contributed by atoms with van der Waals surface area (Å²) >= 11 is 0. The molecule has 1 aromatic heterocycles. The Kier molecular flexibility index (Phi) is 4.90. The minimum atomic E-state index is -4.27. The summed E-state index contributed by atoms with van der Waals surface area (Å²) in [5.74, 6) is 0.802. The van der Waals surface area contributed by atoms with Crippen molar-refractivity contribution in [3.8, 4) is 0 Å². The first-order valence-corrected chi connectivity index (χ1v) is 7.17. The fourth-order valence-electron chi connectivity index (χ4n) is 2.72. The van der Waals surface area contributed by atoms with Gasteiger partial charge >= 0.3 is 6.18 Å². The van der Waals surface area contributed by atoms with Gasteiger partial charge in [-0.15, -0.1) is 0 Å². The SMILES string of the molecule is Cc1nccn1CC1CCCN(C(=O)CCC(F)(F)F)C1. The number of rotatable bonds is 4. The van der Waals surface area contributed by atoms with Crippen molar-refractivity contribution in [3.05, 3.63) is 18.2 Å². The molecule has 1 amide bonds. The van der Waals surface area contributed by atoms with E-state index in [0.717, 1.165) is 25.2 Å². The molecule has 2 heterocycles. The molecule has 1 atom stereocenters. The Morgan fingerprint density at radius 2 is 2.24 bits per heavy atom. The van der Waals surface area contributed by atoms with Gasteiger partial charge in [-0.25, -0.2) is 4.98 Å². The second-order valence-corrected chi connectivity index (χ2v) is 5.59. The lowest BCUT2D eigenvalue weighted by molar-refractivity contribution is -0.150. The Morgan fingerprint density at radius 1 is 1.48 bits per heavy atom. The van der Waals surface area contributed by atoms with Crippen molar-refractivity contribution in [1.82, 2.24) is 14.5 Å². The van der Waals surface area contributed by atoms with Crippen LogP contribution in [0, 0.1) is 12.8 Å². The van der Waals surface area contributed by atoms with Crippen molar-refractivity contribution >= 4 is 5.91 Å². The number of hydrogen-bond donors (Lipinski definition) is 0. The zero-order valence-electron chi connectivity index (χ0n) is 12.1. The first-order valence-electron chi connectivity index (χ1n) is 7.17. The van der Waals surface area contributed by atoms with E-state index in [-0.39, 0.29) is 11.8 Å². The van der Waals surface area contributed by atoms with E-state index in [2.05, 4.69) is 4.98 Å². The zero-order valence-corrected chi connectivity index (χ0v) is 12.1. The topological polar surface area (TPSA) is 38.1 Å². The molecule has 1 aliphatic rings. The molecule has 1 aliphatic heterocycles. The molecular formula is C14H20F3N3O. The standard InChI is InChI=1S/C14H20F3N3O/c1-11-18-6-8-19(11)9-12-3-2-7-20(10-12)13(21)4-5-14(15,16)17/h6,8,12H,2-5,7,9-10H2,1H3. The van der Waals surface area contributed by atoms with Crippen LogP contribution in [-0.4, -0.2) is 39.6 Å². The zero-order chi connectivity index (χ0) is 15.5. The fraction of sp³-hybridized carbons (Fsp3) is 0.714. The van der Waals surface area contributed by atoms with Crippen molar-refractivity contribution in [2.45, 2.75) is 45.3 Å². The highest BCUT2D eigenvalue weighted by atomic mass is 19.4. The van der Waals surface area contributed by atoms with Crippen LogP contribution in [0.15, 0.2) is 12.4 Å². The number of likely N-dealkylation sites (tertiary alicyclic amines) is 1. The molecule has 0 radical (unpaired) electrons. The second-order valence-electron chi connectivity index (χ2n) is 5.59. The van der Waals surface area contributed by atoms with Crippen LogP contribution in [0.1, 0.15) is 31.5 Å². The summed E-state index contributed by atoms with van der Waals surface area (Å²) in [6, 6.07) is 0. The Bertz CT molecular complexity index is 484. The Balaban J connectivity index is 1.85. The van der Waals surface area contributed by atoms with E-state index in [4.69, 9.17) is 0 Å². The highest BCUT2D eigenvalue weighted by Gasteiger charge is 2.30. The number of hydrogen-bond acceptors (Lipinski definition) is 2. The number of halogens is 3. The molecule has 0 aromatic carbocycles. The predicted octanol–water partition coefficient (Wildman–Crippen LogP) is 2.77. The van der Waals surface area contributed by atoms with Gasteiger partial charge in [0.15, 0.2) is 0 Å². The highest BCUT2D eigenvalue weighted by Crippen LogP contribution is 2.24. The number of nitrogens with zero attached hydrogens (tertiary/aromatic N) is 3. The number of aromatic nitrogens is 2. The summed E-state index contributed by atoms with van der Waals surface area (Å²) < 4.78 is 38.5. The molecule has 21 heavy (non-hydrogen) atoms. The lowest BCUT2D eigenvalue weighted by Gasteiger charge is -2.33. The van der Waals surface area contributed by atoms with E-state index in [0.29, 0.717) is 13.1 Å². The van der Waals surface area contributed by atoms with Crippen molar-refractivity contribution in [2.75, 3.05) is 13.1 Å². The first kappa shape index (κ1) is 15.9. The number of aryl methyl sites for hydroxylation is 1. The van der Waals surface area contributed by atoms with Gasteiger partial charge in [0.2, 0.25) is 5.91 Å². The maximum Gasteiger partial charge on any atom is 0.389 e. The van der Waals surface area contributed by atoms with Gasteiger partial charge in [0, 0.05) is 38.4 Å². The van der Waals surface area contributed by atoms with Crippen LogP contribution in [0.4, 0.5) is 13.2 Å². The summed E-state index contributed by atoms with van der Waals surface area (Å²) in [4.78, 5) is 17.6. The smallest absolute Gasteiger partial charge is 0.342 e. The summed E-state index contributed by atoms with van der Waals surface area (Å²) in [7, 11) is 0. The number of piperidine rings is 1. The Labute approximate surface area is 121 Å². The molecule has 4 nitrogen and oxygen atoms in total. The van der Waals surface area contributed by atoms with E-state index in [1.807, 2.05) is 17.7 Å². The van der Waals surface area contributed by atoms with Crippen LogP contribution in [0.2, 0.25) is 0 Å².